The Hall–Kier alpha value is -1.94. The highest BCUT2D eigenvalue weighted by atomic mass is 19.3. The molecule has 1 aliphatic carbocycles. The van der Waals surface area contributed by atoms with Crippen LogP contribution in [-0.2, 0) is 0 Å². The predicted octanol–water partition coefficient (Wildman–Crippen LogP) is 4.09. The molecule has 0 spiro atoms. The normalized spacial score (nSPS) is 22.1. The molecule has 0 bridgehead atoms. The number of hydrogen-bond acceptors (Lipinski definition) is 2. The van der Waals surface area contributed by atoms with Gasteiger partial charge in [0.1, 0.15) is 5.75 Å². The van der Waals surface area contributed by atoms with Crippen LogP contribution in [0.4, 0.5) is 8.78 Å². The molecule has 0 aromatic heterocycles. The molecule has 2 nitrogen and oxygen atoms in total. The first kappa shape index (κ1) is 14.0. The number of ether oxygens (including phenoxy) is 1. The summed E-state index contributed by atoms with van der Waals surface area (Å²) in [7, 11) is 0. The Morgan fingerprint density at radius 1 is 1.00 bits per heavy atom. The van der Waals surface area contributed by atoms with Crippen LogP contribution in [0.2, 0.25) is 0 Å². The summed E-state index contributed by atoms with van der Waals surface area (Å²) in [5.41, 5.74) is 8.19. The van der Waals surface area contributed by atoms with Gasteiger partial charge in [-0.25, -0.2) is 0 Å². The van der Waals surface area contributed by atoms with Gasteiger partial charge in [0.05, 0.1) is 0 Å². The van der Waals surface area contributed by atoms with Crippen molar-refractivity contribution in [1.82, 2.24) is 0 Å². The Kier molecular flexibility index (Phi) is 3.88. The molecule has 1 saturated carbocycles. The maximum Gasteiger partial charge on any atom is 0.387 e. The SMILES string of the molecule is NC(c1ccccc1OC(F)F)C1CC1c1ccccc1. The average Bonchev–Trinajstić information content (AvgIpc) is 3.28. The Labute approximate surface area is 122 Å². The molecule has 2 N–H and O–H groups in total. The fraction of sp³-hybridized carbons (Fsp3) is 0.294. The standard InChI is InChI=1S/C17H17F2NO/c18-17(19)21-15-9-5-4-8-12(15)16(20)14-10-13(14)11-6-2-1-3-7-11/h1-9,13-14,16-17H,10,20H2. The molecule has 0 saturated heterocycles. The molecule has 3 unspecified atom stereocenters. The van der Waals surface area contributed by atoms with Gasteiger partial charge in [-0.3, -0.25) is 0 Å². The highest BCUT2D eigenvalue weighted by molar-refractivity contribution is 5.38. The van der Waals surface area contributed by atoms with E-state index in [1.54, 1.807) is 24.3 Å². The van der Waals surface area contributed by atoms with E-state index >= 15 is 0 Å². The van der Waals surface area contributed by atoms with Gasteiger partial charge in [0.15, 0.2) is 0 Å². The average molecular weight is 289 g/mol. The number of para-hydroxylation sites is 1. The largest absolute Gasteiger partial charge is 0.434 e. The number of alkyl halides is 2. The van der Waals surface area contributed by atoms with Crippen molar-refractivity contribution in [3.05, 3.63) is 65.7 Å². The van der Waals surface area contributed by atoms with E-state index in [0.717, 1.165) is 6.42 Å². The van der Waals surface area contributed by atoms with E-state index in [4.69, 9.17) is 5.73 Å². The lowest BCUT2D eigenvalue weighted by Gasteiger charge is -2.16. The van der Waals surface area contributed by atoms with E-state index in [-0.39, 0.29) is 17.7 Å². The summed E-state index contributed by atoms with van der Waals surface area (Å²) < 4.78 is 29.5. The molecule has 3 atom stereocenters. The molecule has 3 rings (SSSR count). The second-order valence-corrected chi connectivity index (χ2v) is 5.36. The lowest BCUT2D eigenvalue weighted by Crippen LogP contribution is -2.16. The Bertz CT molecular complexity index is 603. The lowest BCUT2D eigenvalue weighted by molar-refractivity contribution is -0.0506. The quantitative estimate of drug-likeness (QED) is 0.899. The van der Waals surface area contributed by atoms with Crippen molar-refractivity contribution in [2.75, 3.05) is 0 Å². The van der Waals surface area contributed by atoms with Crippen molar-refractivity contribution in [2.24, 2.45) is 11.7 Å². The van der Waals surface area contributed by atoms with E-state index in [1.807, 2.05) is 18.2 Å². The summed E-state index contributed by atoms with van der Waals surface area (Å²) in [5.74, 6) is 0.856. The minimum absolute atomic E-state index is 0.179. The summed E-state index contributed by atoms with van der Waals surface area (Å²) in [5, 5.41) is 0. The first-order valence-corrected chi connectivity index (χ1v) is 7.01. The van der Waals surface area contributed by atoms with E-state index in [0.29, 0.717) is 11.5 Å². The smallest absolute Gasteiger partial charge is 0.387 e. The fourth-order valence-electron chi connectivity index (χ4n) is 2.88. The van der Waals surface area contributed by atoms with Gasteiger partial charge in [-0.2, -0.15) is 8.78 Å². The highest BCUT2D eigenvalue weighted by Crippen LogP contribution is 2.54. The van der Waals surface area contributed by atoms with Crippen LogP contribution in [0.5, 0.6) is 5.75 Å². The second kappa shape index (κ2) is 5.82. The predicted molar refractivity (Wildman–Crippen MR) is 77.3 cm³/mol. The molecular formula is C17H17F2NO. The van der Waals surface area contributed by atoms with Gasteiger partial charge in [-0.1, -0.05) is 48.5 Å². The summed E-state index contributed by atoms with van der Waals surface area (Å²) >= 11 is 0. The molecule has 0 heterocycles. The molecular weight excluding hydrogens is 272 g/mol. The van der Waals surface area contributed by atoms with Crippen LogP contribution in [0.1, 0.15) is 29.5 Å². The maximum absolute atomic E-state index is 12.5. The van der Waals surface area contributed by atoms with E-state index in [9.17, 15) is 8.78 Å². The zero-order valence-electron chi connectivity index (χ0n) is 11.5. The lowest BCUT2D eigenvalue weighted by atomic mass is 9.99. The van der Waals surface area contributed by atoms with Crippen LogP contribution in [0, 0.1) is 5.92 Å². The summed E-state index contributed by atoms with van der Waals surface area (Å²) in [6.45, 7) is -2.83. The van der Waals surface area contributed by atoms with Crippen LogP contribution in [-0.4, -0.2) is 6.61 Å². The van der Waals surface area contributed by atoms with Crippen LogP contribution >= 0.6 is 0 Å². The topological polar surface area (TPSA) is 35.2 Å². The maximum atomic E-state index is 12.5. The van der Waals surface area contributed by atoms with Gasteiger partial charge in [0, 0.05) is 11.6 Å². The first-order valence-electron chi connectivity index (χ1n) is 7.01. The fourth-order valence-corrected chi connectivity index (χ4v) is 2.88. The zero-order chi connectivity index (χ0) is 14.8. The molecule has 0 amide bonds. The molecule has 110 valence electrons. The summed E-state index contributed by atoms with van der Waals surface area (Å²) in [4.78, 5) is 0. The summed E-state index contributed by atoms with van der Waals surface area (Å²) in [6, 6.07) is 16.6. The van der Waals surface area contributed by atoms with Gasteiger partial charge in [-0.15, -0.1) is 0 Å². The molecule has 1 fully saturated rings. The monoisotopic (exact) mass is 289 g/mol. The van der Waals surface area contributed by atoms with Gasteiger partial charge in [0.2, 0.25) is 0 Å². The minimum Gasteiger partial charge on any atom is -0.434 e. The number of rotatable bonds is 5. The minimum atomic E-state index is -2.83. The number of nitrogens with two attached hydrogens (primary N) is 1. The van der Waals surface area contributed by atoms with E-state index < -0.39 is 6.61 Å². The Balaban J connectivity index is 1.77. The van der Waals surface area contributed by atoms with Gasteiger partial charge < -0.3 is 10.5 Å². The zero-order valence-corrected chi connectivity index (χ0v) is 11.5. The molecule has 4 heteroatoms. The van der Waals surface area contributed by atoms with Gasteiger partial charge in [0.25, 0.3) is 0 Å². The van der Waals surface area contributed by atoms with Crippen molar-refractivity contribution in [3.63, 3.8) is 0 Å². The van der Waals surface area contributed by atoms with Crippen molar-refractivity contribution in [3.8, 4) is 5.75 Å². The number of hydrogen-bond donors (Lipinski definition) is 1. The van der Waals surface area contributed by atoms with Crippen LogP contribution in [0.25, 0.3) is 0 Å². The van der Waals surface area contributed by atoms with Crippen molar-refractivity contribution in [2.45, 2.75) is 25.0 Å². The third-order valence-electron chi connectivity index (χ3n) is 4.02. The van der Waals surface area contributed by atoms with Crippen molar-refractivity contribution < 1.29 is 13.5 Å². The Morgan fingerprint density at radius 2 is 1.67 bits per heavy atom. The third kappa shape index (κ3) is 3.05. The van der Waals surface area contributed by atoms with E-state index in [1.165, 1.54) is 5.56 Å². The van der Waals surface area contributed by atoms with Crippen LogP contribution in [0.3, 0.4) is 0 Å². The molecule has 21 heavy (non-hydrogen) atoms. The molecule has 1 aliphatic rings. The number of halogens is 2. The molecule has 0 radical (unpaired) electrons. The Morgan fingerprint density at radius 3 is 2.38 bits per heavy atom. The second-order valence-electron chi connectivity index (χ2n) is 5.36. The first-order chi connectivity index (χ1) is 10.2. The summed E-state index contributed by atoms with van der Waals surface area (Å²) in [6.07, 6.45) is 0.980. The molecule has 0 aliphatic heterocycles. The third-order valence-corrected chi connectivity index (χ3v) is 4.02. The van der Waals surface area contributed by atoms with Gasteiger partial charge in [-0.05, 0) is 29.9 Å². The van der Waals surface area contributed by atoms with E-state index in [2.05, 4.69) is 16.9 Å². The molecule has 2 aromatic rings. The van der Waals surface area contributed by atoms with Crippen molar-refractivity contribution >= 4 is 0 Å². The molecule has 2 aromatic carbocycles. The highest BCUT2D eigenvalue weighted by Gasteiger charge is 2.43. The van der Waals surface area contributed by atoms with Crippen LogP contribution < -0.4 is 10.5 Å². The number of benzene rings is 2. The van der Waals surface area contributed by atoms with Crippen LogP contribution in [0.15, 0.2) is 54.6 Å². The van der Waals surface area contributed by atoms with Crippen molar-refractivity contribution in [1.29, 1.82) is 0 Å². The van der Waals surface area contributed by atoms with Gasteiger partial charge >= 0.3 is 6.61 Å².